The van der Waals surface area contributed by atoms with Gasteiger partial charge in [0.1, 0.15) is 5.75 Å². The topological polar surface area (TPSA) is 39.7 Å². The van der Waals surface area contributed by atoms with Crippen LogP contribution in [0.1, 0.15) is 18.1 Å². The van der Waals surface area contributed by atoms with E-state index < -0.39 is 0 Å². The first-order valence-electron chi connectivity index (χ1n) is 7.73. The van der Waals surface area contributed by atoms with Gasteiger partial charge >= 0.3 is 0 Å². The molecule has 0 aromatic heterocycles. The van der Waals surface area contributed by atoms with E-state index in [2.05, 4.69) is 30.4 Å². The Bertz CT molecular complexity index is 611. The second kappa shape index (κ2) is 8.44. The molecule has 0 spiro atoms. The summed E-state index contributed by atoms with van der Waals surface area (Å²) >= 11 is 0. The molecule has 0 saturated heterocycles. The van der Waals surface area contributed by atoms with Crippen molar-refractivity contribution < 1.29 is 14.2 Å². The van der Waals surface area contributed by atoms with Crippen LogP contribution in [0.3, 0.4) is 0 Å². The highest BCUT2D eigenvalue weighted by Crippen LogP contribution is 2.28. The predicted octanol–water partition coefficient (Wildman–Crippen LogP) is 3.43. The SMILES string of the molecule is COc1ccc(CNC(C)Cc2ccc(OC)c(OC)c2)cc1. The Morgan fingerprint density at radius 1 is 0.826 bits per heavy atom. The zero-order chi connectivity index (χ0) is 16.7. The van der Waals surface area contributed by atoms with Gasteiger partial charge in [0, 0.05) is 12.6 Å². The first-order chi connectivity index (χ1) is 11.2. The zero-order valence-electron chi connectivity index (χ0n) is 14.3. The molecule has 0 saturated carbocycles. The first kappa shape index (κ1) is 17.2. The van der Waals surface area contributed by atoms with E-state index in [9.17, 15) is 0 Å². The highest BCUT2D eigenvalue weighted by atomic mass is 16.5. The molecule has 1 N–H and O–H groups in total. The normalized spacial score (nSPS) is 11.8. The van der Waals surface area contributed by atoms with E-state index in [0.29, 0.717) is 6.04 Å². The van der Waals surface area contributed by atoms with Gasteiger partial charge < -0.3 is 19.5 Å². The molecule has 2 aromatic carbocycles. The standard InChI is InChI=1S/C19H25NO3/c1-14(20-13-15-5-8-17(21-2)9-6-15)11-16-7-10-18(22-3)19(12-16)23-4/h5-10,12,14,20H,11,13H2,1-4H3. The molecule has 1 atom stereocenters. The molecule has 1 unspecified atom stereocenters. The van der Waals surface area contributed by atoms with Gasteiger partial charge in [-0.2, -0.15) is 0 Å². The van der Waals surface area contributed by atoms with Crippen LogP contribution in [-0.2, 0) is 13.0 Å². The molecule has 4 nitrogen and oxygen atoms in total. The molecule has 124 valence electrons. The van der Waals surface area contributed by atoms with Crippen LogP contribution in [-0.4, -0.2) is 27.4 Å². The molecular weight excluding hydrogens is 290 g/mol. The molecule has 0 radical (unpaired) electrons. The third kappa shape index (κ3) is 4.89. The fourth-order valence-electron chi connectivity index (χ4n) is 2.47. The van der Waals surface area contributed by atoms with Gasteiger partial charge in [-0.05, 0) is 48.7 Å². The molecule has 2 rings (SSSR count). The molecule has 4 heteroatoms. The molecule has 0 aliphatic carbocycles. The largest absolute Gasteiger partial charge is 0.497 e. The van der Waals surface area contributed by atoms with E-state index in [-0.39, 0.29) is 0 Å². The molecular formula is C19H25NO3. The lowest BCUT2D eigenvalue weighted by Crippen LogP contribution is -2.27. The summed E-state index contributed by atoms with van der Waals surface area (Å²) in [5, 5.41) is 3.54. The Hall–Kier alpha value is -2.20. The second-order valence-electron chi connectivity index (χ2n) is 5.52. The quantitative estimate of drug-likeness (QED) is 0.810. The van der Waals surface area contributed by atoms with Crippen LogP contribution in [0.15, 0.2) is 42.5 Å². The summed E-state index contributed by atoms with van der Waals surface area (Å²) in [6.45, 7) is 3.01. The van der Waals surface area contributed by atoms with Gasteiger partial charge in [0.15, 0.2) is 11.5 Å². The summed E-state index contributed by atoms with van der Waals surface area (Å²) in [4.78, 5) is 0. The van der Waals surface area contributed by atoms with E-state index in [4.69, 9.17) is 14.2 Å². The van der Waals surface area contributed by atoms with Gasteiger partial charge in [0.05, 0.1) is 21.3 Å². The van der Waals surface area contributed by atoms with E-state index >= 15 is 0 Å². The average molecular weight is 315 g/mol. The molecule has 0 aliphatic rings. The monoisotopic (exact) mass is 315 g/mol. The Morgan fingerprint density at radius 2 is 1.48 bits per heavy atom. The van der Waals surface area contributed by atoms with E-state index in [1.165, 1.54) is 11.1 Å². The predicted molar refractivity (Wildman–Crippen MR) is 92.5 cm³/mol. The number of benzene rings is 2. The molecule has 23 heavy (non-hydrogen) atoms. The lowest BCUT2D eigenvalue weighted by atomic mass is 10.1. The lowest BCUT2D eigenvalue weighted by molar-refractivity contribution is 0.354. The molecule has 0 fully saturated rings. The Morgan fingerprint density at radius 3 is 2.09 bits per heavy atom. The minimum Gasteiger partial charge on any atom is -0.497 e. The van der Waals surface area contributed by atoms with Crippen LogP contribution in [0.5, 0.6) is 17.2 Å². The fourth-order valence-corrected chi connectivity index (χ4v) is 2.47. The van der Waals surface area contributed by atoms with Crippen molar-refractivity contribution in [3.8, 4) is 17.2 Å². The number of rotatable bonds is 8. The van der Waals surface area contributed by atoms with E-state index in [1.807, 2.05) is 24.3 Å². The highest BCUT2D eigenvalue weighted by molar-refractivity contribution is 5.43. The number of methoxy groups -OCH3 is 3. The molecule has 0 heterocycles. The molecule has 0 amide bonds. The average Bonchev–Trinajstić information content (AvgIpc) is 2.60. The smallest absolute Gasteiger partial charge is 0.160 e. The minimum atomic E-state index is 0.357. The van der Waals surface area contributed by atoms with Crippen LogP contribution in [0.25, 0.3) is 0 Å². The maximum Gasteiger partial charge on any atom is 0.160 e. The summed E-state index contributed by atoms with van der Waals surface area (Å²) in [5.74, 6) is 2.41. The number of hydrogen-bond donors (Lipinski definition) is 1. The van der Waals surface area contributed by atoms with Crippen molar-refractivity contribution in [3.63, 3.8) is 0 Å². The van der Waals surface area contributed by atoms with Crippen molar-refractivity contribution in [2.45, 2.75) is 25.9 Å². The summed E-state index contributed by atoms with van der Waals surface area (Å²) in [6.07, 6.45) is 0.927. The van der Waals surface area contributed by atoms with Gasteiger partial charge in [-0.15, -0.1) is 0 Å². The van der Waals surface area contributed by atoms with Gasteiger partial charge in [-0.25, -0.2) is 0 Å². The fraction of sp³-hybridized carbons (Fsp3) is 0.368. The number of nitrogens with one attached hydrogen (secondary N) is 1. The Kier molecular flexibility index (Phi) is 6.29. The van der Waals surface area contributed by atoms with Gasteiger partial charge in [-0.1, -0.05) is 18.2 Å². The summed E-state index contributed by atoms with van der Waals surface area (Å²) in [7, 11) is 4.99. The van der Waals surface area contributed by atoms with Crippen LogP contribution >= 0.6 is 0 Å². The molecule has 0 aliphatic heterocycles. The van der Waals surface area contributed by atoms with E-state index in [1.54, 1.807) is 21.3 Å². The van der Waals surface area contributed by atoms with Gasteiger partial charge in [0.2, 0.25) is 0 Å². The lowest BCUT2D eigenvalue weighted by Gasteiger charge is -2.15. The summed E-state index contributed by atoms with van der Waals surface area (Å²) in [6, 6.07) is 14.5. The van der Waals surface area contributed by atoms with Crippen molar-refractivity contribution in [2.75, 3.05) is 21.3 Å². The summed E-state index contributed by atoms with van der Waals surface area (Å²) in [5.41, 5.74) is 2.46. The van der Waals surface area contributed by atoms with Crippen LogP contribution in [0.2, 0.25) is 0 Å². The number of ether oxygens (including phenoxy) is 3. The Labute approximate surface area is 138 Å². The van der Waals surface area contributed by atoms with Crippen LogP contribution in [0.4, 0.5) is 0 Å². The maximum atomic E-state index is 5.35. The van der Waals surface area contributed by atoms with Crippen molar-refractivity contribution >= 4 is 0 Å². The van der Waals surface area contributed by atoms with Crippen molar-refractivity contribution in [1.29, 1.82) is 0 Å². The third-order valence-electron chi connectivity index (χ3n) is 3.80. The Balaban J connectivity index is 1.89. The second-order valence-corrected chi connectivity index (χ2v) is 5.52. The third-order valence-corrected chi connectivity index (χ3v) is 3.80. The maximum absolute atomic E-state index is 5.35. The first-order valence-corrected chi connectivity index (χ1v) is 7.73. The molecule has 2 aromatic rings. The number of hydrogen-bond acceptors (Lipinski definition) is 4. The van der Waals surface area contributed by atoms with Crippen molar-refractivity contribution in [3.05, 3.63) is 53.6 Å². The van der Waals surface area contributed by atoms with Crippen LogP contribution in [0, 0.1) is 0 Å². The van der Waals surface area contributed by atoms with Crippen LogP contribution < -0.4 is 19.5 Å². The molecule has 0 bridgehead atoms. The zero-order valence-corrected chi connectivity index (χ0v) is 14.3. The van der Waals surface area contributed by atoms with Crippen molar-refractivity contribution in [1.82, 2.24) is 5.32 Å². The highest BCUT2D eigenvalue weighted by Gasteiger charge is 2.08. The van der Waals surface area contributed by atoms with Gasteiger partial charge in [0.25, 0.3) is 0 Å². The van der Waals surface area contributed by atoms with Crippen molar-refractivity contribution in [2.24, 2.45) is 0 Å². The summed E-state index contributed by atoms with van der Waals surface area (Å²) < 4.78 is 15.8. The van der Waals surface area contributed by atoms with Gasteiger partial charge in [-0.3, -0.25) is 0 Å². The van der Waals surface area contributed by atoms with E-state index in [0.717, 1.165) is 30.2 Å². The minimum absolute atomic E-state index is 0.357.